The van der Waals surface area contributed by atoms with Crippen LogP contribution in [0.4, 0.5) is 5.69 Å². The fraction of sp³-hybridized carbons (Fsp3) is 0.692. The van der Waals surface area contributed by atoms with Gasteiger partial charge in [-0.25, -0.2) is 0 Å². The van der Waals surface area contributed by atoms with Crippen molar-refractivity contribution in [3.63, 3.8) is 0 Å². The van der Waals surface area contributed by atoms with Crippen molar-refractivity contribution in [1.29, 1.82) is 0 Å². The zero-order valence-corrected chi connectivity index (χ0v) is 19.0. The lowest BCUT2D eigenvalue weighted by Crippen LogP contribution is -2.70. The molecule has 0 radical (unpaired) electrons. The van der Waals surface area contributed by atoms with Gasteiger partial charge in [-0.15, -0.1) is 0 Å². The lowest BCUT2D eigenvalue weighted by atomic mass is 9.51. The number of hydrogen-bond acceptors (Lipinski definition) is 4. The molecule has 1 spiro atoms. The van der Waals surface area contributed by atoms with Crippen molar-refractivity contribution in [2.75, 3.05) is 11.9 Å². The maximum Gasteiger partial charge on any atom is 0.255 e. The normalized spacial score (nSPS) is 42.6. The van der Waals surface area contributed by atoms with Crippen LogP contribution in [0.25, 0.3) is 0 Å². The van der Waals surface area contributed by atoms with Gasteiger partial charge >= 0.3 is 0 Å². The number of anilines is 1. The molecule has 6 nitrogen and oxygen atoms in total. The fourth-order valence-corrected chi connectivity index (χ4v) is 7.93. The Hall–Kier alpha value is -2.08. The molecule has 7 atom stereocenters. The molecule has 4 saturated carbocycles. The van der Waals surface area contributed by atoms with Crippen LogP contribution in [0.2, 0.25) is 0 Å². The molecule has 172 valence electrons. The van der Waals surface area contributed by atoms with E-state index in [9.17, 15) is 14.7 Å². The van der Waals surface area contributed by atoms with Gasteiger partial charge in [0.2, 0.25) is 5.91 Å². The Morgan fingerprint density at radius 2 is 1.94 bits per heavy atom. The quantitative estimate of drug-likeness (QED) is 0.628. The van der Waals surface area contributed by atoms with Crippen LogP contribution in [0.1, 0.15) is 75.1 Å². The Kier molecular flexibility index (Phi) is 4.62. The van der Waals surface area contributed by atoms with Crippen molar-refractivity contribution in [3.05, 3.63) is 29.8 Å². The van der Waals surface area contributed by atoms with E-state index >= 15 is 0 Å². The zero-order chi connectivity index (χ0) is 22.1. The number of nitrogens with one attached hydrogen (secondary N) is 2. The third-order valence-electron chi connectivity index (χ3n) is 9.59. The highest BCUT2D eigenvalue weighted by molar-refractivity contribution is 6.02. The van der Waals surface area contributed by atoms with E-state index in [0.717, 1.165) is 50.6 Å². The fourth-order valence-electron chi connectivity index (χ4n) is 7.93. The van der Waals surface area contributed by atoms with E-state index in [-0.39, 0.29) is 41.2 Å². The molecule has 1 aromatic carbocycles. The number of nitrogens with zero attached hydrogens (tertiary/aromatic N) is 1. The molecule has 1 aromatic rings. The Morgan fingerprint density at radius 1 is 1.12 bits per heavy atom. The largest absolute Gasteiger partial charge is 0.393 e. The number of aliphatic hydroxyl groups excluding tert-OH is 1. The van der Waals surface area contributed by atoms with E-state index in [4.69, 9.17) is 0 Å². The van der Waals surface area contributed by atoms with Gasteiger partial charge in [0, 0.05) is 36.0 Å². The Bertz CT molecular complexity index is 950. The highest BCUT2D eigenvalue weighted by Crippen LogP contribution is 2.59. The first-order chi connectivity index (χ1) is 15.4. The number of para-hydroxylation sites is 1. The zero-order valence-electron chi connectivity index (χ0n) is 19.0. The summed E-state index contributed by atoms with van der Waals surface area (Å²) in [5, 5.41) is 17.6. The number of rotatable bonds is 1. The van der Waals surface area contributed by atoms with Gasteiger partial charge < -0.3 is 20.6 Å². The maximum atomic E-state index is 14.0. The standard InChI is InChI=1S/C26H35N3O3/c1-25-12-10-16(26(15-25)27-20-8-4-2-6-17(20)23(31)28-26)14-19(25)24(32)29-13-11-22(30)18-7-3-5-9-21(18)29/h2,4,6,8,16,18-19,21-22,27,30H,3,5,7,9-15H2,1H3,(H,28,31)/t16-,18+,19-,21+,22+,25-,26+/m1/s1. The summed E-state index contributed by atoms with van der Waals surface area (Å²) in [5.41, 5.74) is 1.01. The van der Waals surface area contributed by atoms with Gasteiger partial charge in [-0.2, -0.15) is 0 Å². The summed E-state index contributed by atoms with van der Waals surface area (Å²) in [5.74, 6) is 0.790. The van der Waals surface area contributed by atoms with Gasteiger partial charge in [0.05, 0.1) is 11.7 Å². The smallest absolute Gasteiger partial charge is 0.255 e. The molecular weight excluding hydrogens is 402 g/mol. The van der Waals surface area contributed by atoms with Crippen LogP contribution in [0.5, 0.6) is 0 Å². The average molecular weight is 438 g/mol. The minimum Gasteiger partial charge on any atom is -0.393 e. The Morgan fingerprint density at radius 3 is 2.78 bits per heavy atom. The van der Waals surface area contributed by atoms with Crippen molar-refractivity contribution in [2.24, 2.45) is 23.2 Å². The van der Waals surface area contributed by atoms with Crippen molar-refractivity contribution >= 4 is 17.5 Å². The second kappa shape index (κ2) is 7.21. The summed E-state index contributed by atoms with van der Waals surface area (Å²) in [6.45, 7) is 2.95. The third kappa shape index (κ3) is 2.94. The van der Waals surface area contributed by atoms with E-state index in [1.165, 1.54) is 6.42 Å². The number of fused-ring (bicyclic) bond motifs is 4. The number of likely N-dealkylation sites (tertiary alicyclic amines) is 1. The van der Waals surface area contributed by atoms with Crippen LogP contribution in [-0.2, 0) is 4.79 Å². The number of hydrogen-bond donors (Lipinski definition) is 3. The highest BCUT2D eigenvalue weighted by Gasteiger charge is 2.61. The summed E-state index contributed by atoms with van der Waals surface area (Å²) >= 11 is 0. The maximum absolute atomic E-state index is 14.0. The number of carbonyl (C=O) groups is 2. The molecule has 5 fully saturated rings. The van der Waals surface area contributed by atoms with Crippen molar-refractivity contribution in [1.82, 2.24) is 10.2 Å². The van der Waals surface area contributed by atoms with Crippen LogP contribution in [0.15, 0.2) is 24.3 Å². The summed E-state index contributed by atoms with van der Waals surface area (Å²) in [7, 11) is 0. The predicted molar refractivity (Wildman–Crippen MR) is 122 cm³/mol. The third-order valence-corrected chi connectivity index (χ3v) is 9.59. The molecule has 1 saturated heterocycles. The molecule has 2 aliphatic heterocycles. The number of carbonyl (C=O) groups excluding carboxylic acids is 2. The number of benzene rings is 1. The van der Waals surface area contributed by atoms with Gasteiger partial charge in [-0.05, 0) is 62.5 Å². The van der Waals surface area contributed by atoms with Gasteiger partial charge in [-0.1, -0.05) is 31.9 Å². The molecule has 2 amide bonds. The van der Waals surface area contributed by atoms with E-state index in [1.54, 1.807) is 0 Å². The molecule has 32 heavy (non-hydrogen) atoms. The lowest BCUT2D eigenvalue weighted by Gasteiger charge is -2.61. The van der Waals surface area contributed by atoms with E-state index < -0.39 is 5.66 Å². The number of amides is 2. The van der Waals surface area contributed by atoms with Crippen LogP contribution in [-0.4, -0.2) is 46.2 Å². The molecule has 6 aliphatic rings. The summed E-state index contributed by atoms with van der Waals surface area (Å²) in [6, 6.07) is 7.93. The summed E-state index contributed by atoms with van der Waals surface area (Å²) < 4.78 is 0. The van der Waals surface area contributed by atoms with Gasteiger partial charge in [0.25, 0.3) is 5.91 Å². The second-order valence-corrected chi connectivity index (χ2v) is 11.4. The first-order valence-electron chi connectivity index (χ1n) is 12.6. The van der Waals surface area contributed by atoms with Gasteiger partial charge in [0.15, 0.2) is 0 Å². The SMILES string of the molecule is C[C@]12CC[C@H](C[C@@H]1C(=O)N1CC[C@H](O)[C@H]3CCCC[C@@H]31)[C@]1(C2)NC(=O)c2ccccc2N1. The van der Waals surface area contributed by atoms with Crippen LogP contribution >= 0.6 is 0 Å². The van der Waals surface area contributed by atoms with Gasteiger partial charge in [-0.3, -0.25) is 9.59 Å². The second-order valence-electron chi connectivity index (χ2n) is 11.4. The molecule has 4 aliphatic carbocycles. The average Bonchev–Trinajstić information content (AvgIpc) is 2.79. The molecular formula is C26H35N3O3. The predicted octanol–water partition coefficient (Wildman–Crippen LogP) is 3.52. The van der Waals surface area contributed by atoms with Crippen LogP contribution in [0, 0.1) is 23.2 Å². The summed E-state index contributed by atoms with van der Waals surface area (Å²) in [6.07, 6.45) is 8.50. The van der Waals surface area contributed by atoms with E-state index in [0.29, 0.717) is 24.4 Å². The first-order valence-corrected chi connectivity index (χ1v) is 12.6. The van der Waals surface area contributed by atoms with Crippen molar-refractivity contribution in [2.45, 2.75) is 82.5 Å². The number of aliphatic hydroxyl groups is 1. The Balaban J connectivity index is 1.26. The molecule has 2 bridgehead atoms. The van der Waals surface area contributed by atoms with Gasteiger partial charge in [0.1, 0.15) is 5.66 Å². The summed E-state index contributed by atoms with van der Waals surface area (Å²) in [4.78, 5) is 29.1. The van der Waals surface area contributed by atoms with Crippen LogP contribution < -0.4 is 10.6 Å². The lowest BCUT2D eigenvalue weighted by molar-refractivity contribution is -0.160. The van der Waals surface area contributed by atoms with E-state index in [1.807, 2.05) is 24.3 Å². The molecule has 0 aromatic heterocycles. The Labute approximate surface area is 190 Å². The molecule has 0 unspecified atom stereocenters. The minimum absolute atomic E-state index is 0.000525. The molecule has 2 heterocycles. The van der Waals surface area contributed by atoms with Crippen molar-refractivity contribution < 1.29 is 14.7 Å². The first kappa shape index (κ1) is 20.5. The molecule has 3 N–H and O–H groups in total. The molecule has 7 rings (SSSR count). The van der Waals surface area contributed by atoms with E-state index in [2.05, 4.69) is 22.5 Å². The minimum atomic E-state index is -0.458. The van der Waals surface area contributed by atoms with Crippen molar-refractivity contribution in [3.8, 4) is 0 Å². The van der Waals surface area contributed by atoms with Crippen LogP contribution in [0.3, 0.4) is 0 Å². The topological polar surface area (TPSA) is 81.7 Å². The molecule has 6 heteroatoms. The number of piperidine rings is 1. The monoisotopic (exact) mass is 437 g/mol. The highest BCUT2D eigenvalue weighted by atomic mass is 16.3.